The van der Waals surface area contributed by atoms with Crippen LogP contribution in [0.1, 0.15) is 32.3 Å². The number of nitrogens with zero attached hydrogens (tertiary/aromatic N) is 2. The highest BCUT2D eigenvalue weighted by Gasteiger charge is 2.49. The van der Waals surface area contributed by atoms with Crippen LogP contribution < -0.4 is 5.46 Å². The van der Waals surface area contributed by atoms with Gasteiger partial charge in [-0.25, -0.2) is 4.98 Å². The second-order valence-electron chi connectivity index (χ2n) is 6.91. The molecule has 0 amide bonds. The molecule has 1 spiro atoms. The molecule has 2 aliphatic rings. The van der Waals surface area contributed by atoms with Crippen molar-refractivity contribution in [1.82, 2.24) is 14.3 Å². The lowest BCUT2D eigenvalue weighted by molar-refractivity contribution is 0.0152. The molecule has 2 aliphatic heterocycles. The smallest absolute Gasteiger partial charge is 0.423 e. The van der Waals surface area contributed by atoms with E-state index in [1.807, 2.05) is 24.2 Å². The summed E-state index contributed by atoms with van der Waals surface area (Å²) in [6, 6.07) is 2.05. The Morgan fingerprint density at radius 2 is 2.26 bits per heavy atom. The van der Waals surface area contributed by atoms with Gasteiger partial charge in [0.25, 0.3) is 0 Å². The van der Waals surface area contributed by atoms with Gasteiger partial charge in [0.1, 0.15) is 5.65 Å². The van der Waals surface area contributed by atoms with Gasteiger partial charge in [0.2, 0.25) is 0 Å². The number of hydrogen-bond donors (Lipinski definition) is 2. The molecule has 1 saturated heterocycles. The van der Waals surface area contributed by atoms with Gasteiger partial charge in [0, 0.05) is 42.1 Å². The first-order valence-electron chi connectivity index (χ1n) is 8.29. The molecule has 5 nitrogen and oxygen atoms in total. The van der Waals surface area contributed by atoms with Crippen LogP contribution in [0.25, 0.3) is 11.0 Å². The van der Waals surface area contributed by atoms with Gasteiger partial charge in [0.05, 0.1) is 5.60 Å². The molecule has 0 aromatic carbocycles. The summed E-state index contributed by atoms with van der Waals surface area (Å²) in [5, 5.41) is 11.4. The zero-order valence-electron chi connectivity index (χ0n) is 13.6. The van der Waals surface area contributed by atoms with Gasteiger partial charge in [-0.15, -0.1) is 0 Å². The summed E-state index contributed by atoms with van der Waals surface area (Å²) in [7, 11) is -0.855. The Labute approximate surface area is 141 Å². The standard InChI is InChI=1S/C16H22BN3O2S/c1-11(2)10-23-20-7-4-16(5-8-20)14-12-3-6-18-15(12)19-9-13(14)17(21)22-16/h3,6,9,11,21H,4-5,7-8,10H2,1-2H3,(H,18,19). The van der Waals surface area contributed by atoms with Crippen molar-refractivity contribution in [1.29, 1.82) is 0 Å². The van der Waals surface area contributed by atoms with Gasteiger partial charge in [0.15, 0.2) is 0 Å². The lowest BCUT2D eigenvalue weighted by Gasteiger charge is -2.39. The Kier molecular flexibility index (Phi) is 3.92. The van der Waals surface area contributed by atoms with E-state index in [0.29, 0.717) is 5.92 Å². The SMILES string of the molecule is CC(C)CSN1CCC2(CC1)OB(O)c1cnc3[nH]ccc3c12. The van der Waals surface area contributed by atoms with Crippen LogP contribution in [0.4, 0.5) is 0 Å². The van der Waals surface area contributed by atoms with E-state index in [2.05, 4.69) is 28.1 Å². The normalized spacial score (nSPS) is 20.8. The number of piperidine rings is 1. The second-order valence-corrected chi connectivity index (χ2v) is 8.02. The number of aromatic amines is 1. The Hall–Kier alpha value is -1.02. The van der Waals surface area contributed by atoms with Crippen LogP contribution in [-0.4, -0.2) is 45.3 Å². The summed E-state index contributed by atoms with van der Waals surface area (Å²) in [5.74, 6) is 1.85. The number of hydrogen-bond acceptors (Lipinski definition) is 5. The van der Waals surface area contributed by atoms with E-state index in [4.69, 9.17) is 4.65 Å². The predicted octanol–water partition coefficient (Wildman–Crippen LogP) is 1.88. The van der Waals surface area contributed by atoms with Gasteiger partial charge in [-0.2, -0.15) is 0 Å². The Bertz CT molecular complexity index is 712. The lowest BCUT2D eigenvalue weighted by Crippen LogP contribution is -2.41. The number of nitrogens with one attached hydrogen (secondary N) is 1. The van der Waals surface area contributed by atoms with Crippen molar-refractivity contribution in [3.05, 3.63) is 24.0 Å². The molecular weight excluding hydrogens is 309 g/mol. The van der Waals surface area contributed by atoms with Crippen LogP contribution in [0.5, 0.6) is 0 Å². The third kappa shape index (κ3) is 2.60. The van der Waals surface area contributed by atoms with Crippen molar-refractivity contribution in [3.8, 4) is 0 Å². The highest BCUT2D eigenvalue weighted by atomic mass is 32.2. The van der Waals surface area contributed by atoms with Gasteiger partial charge < -0.3 is 14.7 Å². The average Bonchev–Trinajstić information content (AvgIpc) is 3.10. The van der Waals surface area contributed by atoms with Crippen molar-refractivity contribution in [2.75, 3.05) is 18.8 Å². The molecule has 2 aromatic heterocycles. The third-order valence-electron chi connectivity index (χ3n) is 4.80. The summed E-state index contributed by atoms with van der Waals surface area (Å²) in [6.07, 6.45) is 5.48. The van der Waals surface area contributed by atoms with E-state index in [-0.39, 0.29) is 5.60 Å². The zero-order chi connectivity index (χ0) is 16.0. The Balaban J connectivity index is 1.61. The molecule has 7 heteroatoms. The molecule has 1 fully saturated rings. The minimum Gasteiger partial charge on any atom is -0.423 e. The van der Waals surface area contributed by atoms with Crippen LogP contribution in [0.3, 0.4) is 0 Å². The topological polar surface area (TPSA) is 61.4 Å². The Morgan fingerprint density at radius 3 is 3.00 bits per heavy atom. The fraction of sp³-hybridized carbons (Fsp3) is 0.562. The number of pyridine rings is 1. The number of aromatic nitrogens is 2. The zero-order valence-corrected chi connectivity index (χ0v) is 14.4. The van der Waals surface area contributed by atoms with E-state index in [1.165, 1.54) is 0 Å². The van der Waals surface area contributed by atoms with Crippen molar-refractivity contribution in [2.24, 2.45) is 5.92 Å². The minimum atomic E-state index is -0.855. The maximum atomic E-state index is 10.3. The molecule has 0 atom stereocenters. The molecule has 23 heavy (non-hydrogen) atoms. The Morgan fingerprint density at radius 1 is 1.48 bits per heavy atom. The lowest BCUT2D eigenvalue weighted by atomic mass is 9.76. The van der Waals surface area contributed by atoms with Crippen LogP contribution in [-0.2, 0) is 10.3 Å². The molecule has 4 rings (SSSR count). The van der Waals surface area contributed by atoms with Crippen molar-refractivity contribution < 1.29 is 9.68 Å². The number of rotatable bonds is 3. The third-order valence-corrected chi connectivity index (χ3v) is 6.34. The van der Waals surface area contributed by atoms with E-state index >= 15 is 0 Å². The highest BCUT2D eigenvalue weighted by molar-refractivity contribution is 7.97. The number of fused-ring (bicyclic) bond motifs is 4. The molecular formula is C16H22BN3O2S. The largest absolute Gasteiger partial charge is 0.493 e. The first kappa shape index (κ1) is 15.5. The monoisotopic (exact) mass is 331 g/mol. The van der Waals surface area contributed by atoms with E-state index in [9.17, 15) is 5.02 Å². The van der Waals surface area contributed by atoms with E-state index in [1.54, 1.807) is 6.20 Å². The summed E-state index contributed by atoms with van der Waals surface area (Å²) in [5.41, 5.74) is 2.48. The first-order valence-corrected chi connectivity index (χ1v) is 9.23. The van der Waals surface area contributed by atoms with Crippen LogP contribution in [0.2, 0.25) is 0 Å². The molecule has 2 N–H and O–H groups in total. The van der Waals surface area contributed by atoms with E-state index in [0.717, 1.165) is 53.7 Å². The number of H-pyrrole nitrogens is 1. The molecule has 0 unspecified atom stereocenters. The van der Waals surface area contributed by atoms with Gasteiger partial charge in [-0.3, -0.25) is 4.31 Å². The van der Waals surface area contributed by atoms with Crippen LogP contribution in [0.15, 0.2) is 18.5 Å². The van der Waals surface area contributed by atoms with Crippen molar-refractivity contribution >= 4 is 35.6 Å². The predicted molar refractivity (Wildman–Crippen MR) is 94.6 cm³/mol. The van der Waals surface area contributed by atoms with Gasteiger partial charge >= 0.3 is 7.12 Å². The minimum absolute atomic E-state index is 0.368. The molecule has 0 radical (unpaired) electrons. The summed E-state index contributed by atoms with van der Waals surface area (Å²) in [4.78, 5) is 7.56. The quantitative estimate of drug-likeness (QED) is 0.664. The van der Waals surface area contributed by atoms with Crippen molar-refractivity contribution in [2.45, 2.75) is 32.3 Å². The van der Waals surface area contributed by atoms with Gasteiger partial charge in [-0.1, -0.05) is 25.8 Å². The van der Waals surface area contributed by atoms with Crippen molar-refractivity contribution in [3.63, 3.8) is 0 Å². The summed E-state index contributed by atoms with van der Waals surface area (Å²) < 4.78 is 8.52. The first-order chi connectivity index (χ1) is 11.1. The highest BCUT2D eigenvalue weighted by Crippen LogP contribution is 2.43. The fourth-order valence-electron chi connectivity index (χ4n) is 3.65. The summed E-state index contributed by atoms with van der Waals surface area (Å²) >= 11 is 1.93. The fourth-order valence-corrected chi connectivity index (χ4v) is 4.60. The molecule has 122 valence electrons. The molecule has 4 heterocycles. The summed E-state index contributed by atoms with van der Waals surface area (Å²) in [6.45, 7) is 6.47. The molecule has 0 aliphatic carbocycles. The van der Waals surface area contributed by atoms with Gasteiger partial charge in [-0.05, 0) is 30.4 Å². The molecule has 0 saturated carbocycles. The maximum absolute atomic E-state index is 10.3. The van der Waals surface area contributed by atoms with Crippen LogP contribution in [0, 0.1) is 5.92 Å². The second kappa shape index (κ2) is 5.81. The van der Waals surface area contributed by atoms with Crippen LogP contribution >= 0.6 is 11.9 Å². The average molecular weight is 331 g/mol. The molecule has 0 bridgehead atoms. The van der Waals surface area contributed by atoms with E-state index < -0.39 is 7.12 Å². The maximum Gasteiger partial charge on any atom is 0.493 e. The molecule has 2 aromatic rings.